The first-order valence-corrected chi connectivity index (χ1v) is 4.89. The summed E-state index contributed by atoms with van der Waals surface area (Å²) in [6.45, 7) is 3.70. The van der Waals surface area contributed by atoms with Gasteiger partial charge in [-0.2, -0.15) is 0 Å². The van der Waals surface area contributed by atoms with E-state index in [1.54, 1.807) is 6.92 Å². The molecule has 1 atom stereocenters. The molecule has 15 heavy (non-hydrogen) atoms. The first-order valence-electron chi connectivity index (χ1n) is 4.89. The summed E-state index contributed by atoms with van der Waals surface area (Å²) in [4.78, 5) is 12.7. The summed E-state index contributed by atoms with van der Waals surface area (Å²) >= 11 is 0. The third-order valence-electron chi connectivity index (χ3n) is 2.82. The number of nitrogens with zero attached hydrogens (tertiary/aromatic N) is 1. The monoisotopic (exact) mass is 209 g/mol. The van der Waals surface area contributed by atoms with E-state index in [9.17, 15) is 9.18 Å². The highest BCUT2D eigenvalue weighted by Crippen LogP contribution is 2.26. The van der Waals surface area contributed by atoms with Gasteiger partial charge in [-0.1, -0.05) is 0 Å². The Kier molecular flexibility index (Phi) is 3.58. The molecule has 1 aromatic carbocycles. The smallest absolute Gasteiger partial charge is 0.150 e. The predicted octanol–water partition coefficient (Wildman–Crippen LogP) is 2.57. The van der Waals surface area contributed by atoms with E-state index in [4.69, 9.17) is 0 Å². The molecule has 0 bridgehead atoms. The summed E-state index contributed by atoms with van der Waals surface area (Å²) < 4.78 is 13.6. The highest BCUT2D eigenvalue weighted by atomic mass is 19.1. The van der Waals surface area contributed by atoms with Crippen molar-refractivity contribution in [2.24, 2.45) is 0 Å². The van der Waals surface area contributed by atoms with Crippen molar-refractivity contribution in [2.45, 2.75) is 19.9 Å². The lowest BCUT2D eigenvalue weighted by Crippen LogP contribution is -2.19. The molecule has 2 nitrogen and oxygen atoms in total. The average Bonchev–Trinajstić information content (AvgIpc) is 2.17. The molecule has 0 spiro atoms. The van der Waals surface area contributed by atoms with Crippen LogP contribution in [-0.4, -0.2) is 25.3 Å². The maximum atomic E-state index is 13.6. The fourth-order valence-corrected chi connectivity index (χ4v) is 1.61. The summed E-state index contributed by atoms with van der Waals surface area (Å²) in [5, 5.41) is 0. The number of aldehydes is 1. The van der Waals surface area contributed by atoms with Crippen LogP contribution in [0.3, 0.4) is 0 Å². The molecule has 0 fully saturated rings. The molecule has 0 saturated carbocycles. The topological polar surface area (TPSA) is 20.3 Å². The summed E-state index contributed by atoms with van der Waals surface area (Å²) in [6.07, 6.45) is 0.765. The van der Waals surface area contributed by atoms with Gasteiger partial charge >= 0.3 is 0 Å². The molecule has 0 aliphatic heterocycles. The maximum absolute atomic E-state index is 13.6. The molecule has 0 radical (unpaired) electrons. The highest BCUT2D eigenvalue weighted by molar-refractivity contribution is 5.77. The SMILES string of the molecule is Cc1c(C=O)ccc(F)c1C(C)N(C)C. The third-order valence-corrected chi connectivity index (χ3v) is 2.82. The van der Waals surface area contributed by atoms with Gasteiger partial charge in [-0.3, -0.25) is 4.79 Å². The molecular weight excluding hydrogens is 193 g/mol. The second-order valence-electron chi connectivity index (χ2n) is 3.93. The number of rotatable bonds is 3. The van der Waals surface area contributed by atoms with Gasteiger partial charge < -0.3 is 4.90 Å². The van der Waals surface area contributed by atoms with Crippen LogP contribution in [0.25, 0.3) is 0 Å². The first kappa shape index (κ1) is 11.9. The quantitative estimate of drug-likeness (QED) is 0.713. The Balaban J connectivity index is 3.32. The molecule has 0 saturated heterocycles. The minimum Gasteiger partial charge on any atom is -0.303 e. The molecule has 0 N–H and O–H groups in total. The van der Waals surface area contributed by atoms with Gasteiger partial charge in [-0.25, -0.2) is 4.39 Å². The van der Waals surface area contributed by atoms with Crippen molar-refractivity contribution in [2.75, 3.05) is 14.1 Å². The fraction of sp³-hybridized carbons (Fsp3) is 0.417. The van der Waals surface area contributed by atoms with Crippen molar-refractivity contribution in [1.82, 2.24) is 4.90 Å². The van der Waals surface area contributed by atoms with Gasteiger partial charge in [0.15, 0.2) is 0 Å². The molecule has 0 amide bonds. The van der Waals surface area contributed by atoms with Gasteiger partial charge in [0.1, 0.15) is 12.1 Å². The van der Waals surface area contributed by atoms with Gasteiger partial charge in [-0.05, 0) is 45.6 Å². The van der Waals surface area contributed by atoms with Crippen LogP contribution in [0.2, 0.25) is 0 Å². The van der Waals surface area contributed by atoms with Crippen LogP contribution in [0.1, 0.15) is 34.5 Å². The molecule has 1 unspecified atom stereocenters. The second-order valence-corrected chi connectivity index (χ2v) is 3.93. The normalized spacial score (nSPS) is 12.9. The Morgan fingerprint density at radius 2 is 2.00 bits per heavy atom. The van der Waals surface area contributed by atoms with Crippen LogP contribution < -0.4 is 0 Å². The molecule has 1 rings (SSSR count). The third kappa shape index (κ3) is 2.23. The zero-order valence-electron chi connectivity index (χ0n) is 9.54. The second kappa shape index (κ2) is 4.53. The lowest BCUT2D eigenvalue weighted by molar-refractivity contribution is 0.112. The molecular formula is C12H16FNO. The Bertz CT molecular complexity index is 374. The van der Waals surface area contributed by atoms with Crippen molar-refractivity contribution >= 4 is 6.29 Å². The van der Waals surface area contributed by atoms with Gasteiger partial charge in [0.25, 0.3) is 0 Å². The Morgan fingerprint density at radius 1 is 1.40 bits per heavy atom. The van der Waals surface area contributed by atoms with E-state index in [0.717, 1.165) is 11.8 Å². The van der Waals surface area contributed by atoms with Gasteiger partial charge in [-0.15, -0.1) is 0 Å². The first-order chi connectivity index (χ1) is 6.99. The number of hydrogen-bond acceptors (Lipinski definition) is 2. The molecule has 0 aromatic heterocycles. The van der Waals surface area contributed by atoms with E-state index in [1.165, 1.54) is 12.1 Å². The van der Waals surface area contributed by atoms with Crippen LogP contribution in [0.15, 0.2) is 12.1 Å². The molecule has 0 heterocycles. The minimum absolute atomic E-state index is 0.0371. The van der Waals surface area contributed by atoms with E-state index in [1.807, 2.05) is 25.9 Å². The maximum Gasteiger partial charge on any atom is 0.150 e. The summed E-state index contributed by atoms with van der Waals surface area (Å²) in [5.41, 5.74) is 1.89. The highest BCUT2D eigenvalue weighted by Gasteiger charge is 2.17. The van der Waals surface area contributed by atoms with E-state index < -0.39 is 0 Å². The van der Waals surface area contributed by atoms with Crippen molar-refractivity contribution in [3.05, 3.63) is 34.6 Å². The molecule has 3 heteroatoms. The molecule has 1 aromatic rings. The van der Waals surface area contributed by atoms with E-state index in [0.29, 0.717) is 11.1 Å². The van der Waals surface area contributed by atoms with E-state index in [2.05, 4.69) is 0 Å². The summed E-state index contributed by atoms with van der Waals surface area (Å²) in [7, 11) is 3.77. The lowest BCUT2D eigenvalue weighted by atomic mass is 9.97. The summed E-state index contributed by atoms with van der Waals surface area (Å²) in [5.74, 6) is -0.251. The van der Waals surface area contributed by atoms with Crippen LogP contribution in [0, 0.1) is 12.7 Å². The predicted molar refractivity (Wildman–Crippen MR) is 58.6 cm³/mol. The van der Waals surface area contributed by atoms with Gasteiger partial charge in [0.2, 0.25) is 0 Å². The number of carbonyl (C=O) groups is 1. The molecule has 82 valence electrons. The lowest BCUT2D eigenvalue weighted by Gasteiger charge is -2.23. The number of carbonyl (C=O) groups excluding carboxylic acids is 1. The van der Waals surface area contributed by atoms with Gasteiger partial charge in [0.05, 0.1) is 0 Å². The molecule has 0 aliphatic carbocycles. The Labute approximate surface area is 89.7 Å². The zero-order chi connectivity index (χ0) is 11.6. The van der Waals surface area contributed by atoms with E-state index >= 15 is 0 Å². The van der Waals surface area contributed by atoms with E-state index in [-0.39, 0.29) is 11.9 Å². The van der Waals surface area contributed by atoms with Crippen LogP contribution in [0.5, 0.6) is 0 Å². The summed E-state index contributed by atoms with van der Waals surface area (Å²) in [6, 6.07) is 2.83. The Hall–Kier alpha value is -1.22. The number of hydrogen-bond donors (Lipinski definition) is 0. The minimum atomic E-state index is -0.251. The van der Waals surface area contributed by atoms with Crippen LogP contribution in [0.4, 0.5) is 4.39 Å². The largest absolute Gasteiger partial charge is 0.303 e. The Morgan fingerprint density at radius 3 is 2.47 bits per heavy atom. The molecule has 0 aliphatic rings. The van der Waals surface area contributed by atoms with Gasteiger partial charge in [0, 0.05) is 17.2 Å². The average molecular weight is 209 g/mol. The zero-order valence-corrected chi connectivity index (χ0v) is 9.54. The van der Waals surface area contributed by atoms with Crippen molar-refractivity contribution < 1.29 is 9.18 Å². The number of benzene rings is 1. The standard InChI is InChI=1S/C12H16FNO/c1-8-10(7-15)5-6-11(13)12(8)9(2)14(3)4/h5-7,9H,1-4H3. The fourth-order valence-electron chi connectivity index (χ4n) is 1.61. The van der Waals surface area contributed by atoms with Crippen molar-refractivity contribution in [3.63, 3.8) is 0 Å². The number of halogens is 1. The van der Waals surface area contributed by atoms with Crippen molar-refractivity contribution in [3.8, 4) is 0 Å². The van der Waals surface area contributed by atoms with Crippen LogP contribution >= 0.6 is 0 Å². The van der Waals surface area contributed by atoms with Crippen LogP contribution in [-0.2, 0) is 0 Å². The van der Waals surface area contributed by atoms with Crippen molar-refractivity contribution in [1.29, 1.82) is 0 Å².